The molecule has 0 bridgehead atoms. The zero-order chi connectivity index (χ0) is 23.3. The van der Waals surface area contributed by atoms with E-state index in [1.807, 2.05) is 13.0 Å². The number of pyridine rings is 1. The lowest BCUT2D eigenvalue weighted by atomic mass is 10.00. The second kappa shape index (κ2) is 8.75. The first-order valence-corrected chi connectivity index (χ1v) is 12.3. The van der Waals surface area contributed by atoms with Crippen molar-refractivity contribution in [3.8, 4) is 10.6 Å². The average Bonchev–Trinajstić information content (AvgIpc) is 3.48. The molecule has 2 aliphatic rings. The molecule has 9 nitrogen and oxygen atoms in total. The van der Waals surface area contributed by atoms with Gasteiger partial charge in [-0.05, 0) is 52.0 Å². The second-order valence-electron chi connectivity index (χ2n) is 9.36. The molecule has 1 unspecified atom stereocenters. The number of aliphatic hydroxyl groups is 3. The molecule has 6 atom stereocenters. The highest BCUT2D eigenvalue weighted by Crippen LogP contribution is 2.39. The van der Waals surface area contributed by atoms with Gasteiger partial charge in [-0.25, -0.2) is 9.97 Å². The van der Waals surface area contributed by atoms with Crippen molar-refractivity contribution in [2.75, 3.05) is 10.6 Å². The number of thiazole rings is 1. The van der Waals surface area contributed by atoms with Crippen molar-refractivity contribution in [3.63, 3.8) is 0 Å². The van der Waals surface area contributed by atoms with Crippen LogP contribution < -0.4 is 10.6 Å². The lowest BCUT2D eigenvalue weighted by molar-refractivity contribution is -0.0162. The monoisotopic (exact) mass is 470 g/mol. The number of aryl methyl sites for hydroxylation is 1. The minimum absolute atomic E-state index is 0.273. The largest absolute Gasteiger partial charge is 0.393 e. The molecule has 33 heavy (non-hydrogen) atoms. The highest BCUT2D eigenvalue weighted by molar-refractivity contribution is 7.21. The number of hydrogen-bond donors (Lipinski definition) is 5. The predicted molar refractivity (Wildman–Crippen MR) is 128 cm³/mol. The minimum atomic E-state index is -1.02. The molecular weight excluding hydrogens is 440 g/mol. The summed E-state index contributed by atoms with van der Waals surface area (Å²) in [5.41, 5.74) is 2.34. The van der Waals surface area contributed by atoms with Crippen molar-refractivity contribution in [3.05, 3.63) is 24.2 Å². The summed E-state index contributed by atoms with van der Waals surface area (Å²) in [4.78, 5) is 18.4. The first kappa shape index (κ1) is 22.4. The van der Waals surface area contributed by atoms with Crippen LogP contribution in [0.2, 0.25) is 0 Å². The first-order chi connectivity index (χ1) is 15.8. The molecule has 3 aromatic heterocycles. The molecule has 5 rings (SSSR count). The van der Waals surface area contributed by atoms with Crippen molar-refractivity contribution < 1.29 is 15.3 Å². The molecule has 3 aromatic rings. The van der Waals surface area contributed by atoms with E-state index in [1.165, 1.54) is 24.2 Å². The summed E-state index contributed by atoms with van der Waals surface area (Å²) < 4.78 is 1.01. The van der Waals surface area contributed by atoms with Gasteiger partial charge in [0.2, 0.25) is 5.95 Å². The van der Waals surface area contributed by atoms with Crippen LogP contribution in [0.25, 0.3) is 20.8 Å². The van der Waals surface area contributed by atoms with Gasteiger partial charge in [-0.1, -0.05) is 0 Å². The van der Waals surface area contributed by atoms with Crippen molar-refractivity contribution >= 4 is 33.3 Å². The van der Waals surface area contributed by atoms with Gasteiger partial charge >= 0.3 is 0 Å². The number of anilines is 2. The van der Waals surface area contributed by atoms with Crippen LogP contribution in [0.3, 0.4) is 0 Å². The van der Waals surface area contributed by atoms with Crippen LogP contribution >= 0.6 is 11.3 Å². The summed E-state index contributed by atoms with van der Waals surface area (Å²) in [7, 11) is 0. The number of nitrogens with one attached hydrogen (secondary N) is 2. The van der Waals surface area contributed by atoms with Crippen molar-refractivity contribution in [2.24, 2.45) is 11.8 Å². The molecule has 0 aliphatic heterocycles. The average molecular weight is 471 g/mol. The summed E-state index contributed by atoms with van der Waals surface area (Å²) in [6.45, 7) is 5.71. The summed E-state index contributed by atoms with van der Waals surface area (Å²) in [6, 6.07) is 1.74. The molecule has 2 saturated carbocycles. The van der Waals surface area contributed by atoms with Crippen LogP contribution in [-0.2, 0) is 0 Å². The molecule has 176 valence electrons. The number of aromatic nitrogens is 4. The quantitative estimate of drug-likeness (QED) is 0.353. The minimum Gasteiger partial charge on any atom is -0.393 e. The lowest BCUT2D eigenvalue weighted by Gasteiger charge is -2.22. The van der Waals surface area contributed by atoms with E-state index in [0.717, 1.165) is 26.5 Å². The first-order valence-electron chi connectivity index (χ1n) is 11.5. The molecule has 0 aromatic carbocycles. The van der Waals surface area contributed by atoms with Crippen molar-refractivity contribution in [1.82, 2.24) is 19.9 Å². The number of aliphatic hydroxyl groups excluding tert-OH is 3. The van der Waals surface area contributed by atoms with Crippen LogP contribution in [0.5, 0.6) is 0 Å². The fraction of sp³-hybridized carbons (Fsp3) is 0.565. The second-order valence-corrected chi connectivity index (χ2v) is 10.4. The highest BCUT2D eigenvalue weighted by atomic mass is 32.1. The molecule has 0 spiro atoms. The van der Waals surface area contributed by atoms with Gasteiger partial charge in [0.05, 0.1) is 40.4 Å². The van der Waals surface area contributed by atoms with E-state index >= 15 is 0 Å². The van der Waals surface area contributed by atoms with Gasteiger partial charge in [0.15, 0.2) is 0 Å². The maximum Gasteiger partial charge on any atom is 0.225 e. The number of nitrogens with zero attached hydrogens (tertiary/aromatic N) is 4. The van der Waals surface area contributed by atoms with Gasteiger partial charge in [-0.2, -0.15) is 4.98 Å². The molecule has 3 heterocycles. The van der Waals surface area contributed by atoms with Crippen LogP contribution in [0.15, 0.2) is 18.5 Å². The Morgan fingerprint density at radius 1 is 1.12 bits per heavy atom. The predicted octanol–water partition coefficient (Wildman–Crippen LogP) is 2.57. The Kier molecular flexibility index (Phi) is 5.94. The number of hydrogen-bond acceptors (Lipinski definition) is 10. The summed E-state index contributed by atoms with van der Waals surface area (Å²) in [5, 5.41) is 38.7. The molecular formula is C23H30N6O3S. The third-order valence-electron chi connectivity index (χ3n) is 6.85. The van der Waals surface area contributed by atoms with E-state index in [1.54, 1.807) is 19.3 Å². The van der Waals surface area contributed by atoms with Crippen LogP contribution in [0.1, 0.15) is 38.8 Å². The van der Waals surface area contributed by atoms with Gasteiger partial charge in [-0.3, -0.25) is 4.98 Å². The summed E-state index contributed by atoms with van der Waals surface area (Å²) >= 11 is 1.53. The van der Waals surface area contributed by atoms with Crippen LogP contribution in [-0.4, -0.2) is 65.7 Å². The third-order valence-corrected chi connectivity index (χ3v) is 7.90. The zero-order valence-electron chi connectivity index (χ0n) is 18.9. The maximum atomic E-state index is 10.7. The Morgan fingerprint density at radius 3 is 2.58 bits per heavy atom. The van der Waals surface area contributed by atoms with Gasteiger partial charge in [0.1, 0.15) is 22.4 Å². The molecule has 2 aliphatic carbocycles. The normalized spacial score (nSPS) is 27.0. The van der Waals surface area contributed by atoms with Crippen LogP contribution in [0, 0.1) is 18.8 Å². The Hall–Kier alpha value is -2.40. The van der Waals surface area contributed by atoms with Crippen LogP contribution in [0.4, 0.5) is 11.8 Å². The standard InChI is InChI=1S/C23H30N6O3S/c1-10(13-4-5-13)25-23-26-11(2)18(22-28-16-9-24-7-6-17(16)33-22)21(29-23)27-15-8-14(12(3)30)19(31)20(15)32/h6-7,9-10,12-15,19-20,30-32H,4-5,8H2,1-3H3,(H2,25,26,27,29)/t10-,12?,14-,15-,19-,20+/m1/s1. The SMILES string of the molecule is Cc1nc(N[C@H](C)C2CC2)nc(N[C@@H]2C[C@H](C(C)O)[C@@H](O)[C@H]2O)c1-c1nc2cnccc2s1. The van der Waals surface area contributed by atoms with Crippen molar-refractivity contribution in [1.29, 1.82) is 0 Å². The fourth-order valence-electron chi connectivity index (χ4n) is 4.67. The maximum absolute atomic E-state index is 10.7. The van der Waals surface area contributed by atoms with Gasteiger partial charge < -0.3 is 26.0 Å². The van der Waals surface area contributed by atoms with E-state index in [-0.39, 0.29) is 6.04 Å². The molecule has 0 amide bonds. The van der Waals surface area contributed by atoms with E-state index in [4.69, 9.17) is 15.0 Å². The van der Waals surface area contributed by atoms with E-state index in [0.29, 0.717) is 24.1 Å². The Bertz CT molecular complexity index is 1120. The van der Waals surface area contributed by atoms with E-state index < -0.39 is 30.3 Å². The van der Waals surface area contributed by atoms with Gasteiger partial charge in [0, 0.05) is 18.2 Å². The highest BCUT2D eigenvalue weighted by Gasteiger charge is 2.44. The molecule has 5 N–H and O–H groups in total. The number of rotatable bonds is 7. The lowest BCUT2D eigenvalue weighted by Crippen LogP contribution is -2.36. The number of fused-ring (bicyclic) bond motifs is 1. The smallest absolute Gasteiger partial charge is 0.225 e. The molecule has 0 radical (unpaired) electrons. The zero-order valence-corrected chi connectivity index (χ0v) is 19.8. The third kappa shape index (κ3) is 4.40. The molecule has 2 fully saturated rings. The Labute approximate surface area is 196 Å². The summed E-state index contributed by atoms with van der Waals surface area (Å²) in [6.07, 6.45) is 3.58. The van der Waals surface area contributed by atoms with Gasteiger partial charge in [-0.15, -0.1) is 11.3 Å². The Morgan fingerprint density at radius 2 is 1.91 bits per heavy atom. The fourth-order valence-corrected chi connectivity index (χ4v) is 5.70. The molecule has 10 heteroatoms. The van der Waals surface area contributed by atoms with Gasteiger partial charge in [0.25, 0.3) is 0 Å². The molecule has 0 saturated heterocycles. The van der Waals surface area contributed by atoms with E-state index in [9.17, 15) is 15.3 Å². The van der Waals surface area contributed by atoms with Crippen molar-refractivity contribution in [2.45, 2.75) is 70.4 Å². The van der Waals surface area contributed by atoms with E-state index in [2.05, 4.69) is 22.5 Å². The summed E-state index contributed by atoms with van der Waals surface area (Å²) in [5.74, 6) is 1.31. The Balaban J connectivity index is 1.53. The topological polar surface area (TPSA) is 136 Å².